The SMILES string of the molecule is C\C=C/C(OC1C=C/C=C/CC=C1C#N)=C(\C(Br)=C\[N+](=O)[O-])C(F)(F)F. The van der Waals surface area contributed by atoms with Crippen molar-refractivity contribution in [2.75, 3.05) is 0 Å². The number of hydrogen-bond donors (Lipinski definition) is 0. The van der Waals surface area contributed by atoms with E-state index in [-0.39, 0.29) is 11.8 Å². The minimum atomic E-state index is -4.93. The Morgan fingerprint density at radius 3 is 2.73 bits per heavy atom. The van der Waals surface area contributed by atoms with Gasteiger partial charge in [0.15, 0.2) is 6.10 Å². The molecule has 1 aliphatic carbocycles. The average Bonchev–Trinajstić information content (AvgIpc) is 2.48. The minimum absolute atomic E-state index is 0.128. The number of hydrogen-bond acceptors (Lipinski definition) is 4. The summed E-state index contributed by atoms with van der Waals surface area (Å²) in [6.07, 6.45) is 4.91. The second-order valence-corrected chi connectivity index (χ2v) is 5.71. The lowest BCUT2D eigenvalue weighted by Gasteiger charge is -2.20. The molecule has 26 heavy (non-hydrogen) atoms. The fourth-order valence-corrected chi connectivity index (χ4v) is 2.56. The van der Waals surface area contributed by atoms with Crippen LogP contribution in [-0.4, -0.2) is 17.2 Å². The molecular formula is C17H14BrF3N2O3. The quantitative estimate of drug-likeness (QED) is 0.258. The smallest absolute Gasteiger partial charge is 0.421 e. The van der Waals surface area contributed by atoms with E-state index in [9.17, 15) is 28.5 Å². The van der Waals surface area contributed by atoms with Crippen molar-refractivity contribution in [3.63, 3.8) is 0 Å². The van der Waals surface area contributed by atoms with Crippen LogP contribution in [0.4, 0.5) is 13.2 Å². The highest BCUT2D eigenvalue weighted by atomic mass is 79.9. The molecule has 0 spiro atoms. The number of nitro groups is 1. The van der Waals surface area contributed by atoms with E-state index < -0.39 is 33.0 Å². The highest BCUT2D eigenvalue weighted by Gasteiger charge is 2.40. The van der Waals surface area contributed by atoms with E-state index in [0.29, 0.717) is 6.42 Å². The lowest BCUT2D eigenvalue weighted by atomic mass is 10.1. The number of alkyl halides is 3. The van der Waals surface area contributed by atoms with Crippen molar-refractivity contribution >= 4 is 15.9 Å². The summed E-state index contributed by atoms with van der Waals surface area (Å²) in [5.74, 6) is -0.648. The number of rotatable bonds is 5. The van der Waals surface area contributed by atoms with Crippen molar-refractivity contribution < 1.29 is 22.8 Å². The fraction of sp³-hybridized carbons (Fsp3) is 0.235. The summed E-state index contributed by atoms with van der Waals surface area (Å²) >= 11 is 2.60. The fourth-order valence-electron chi connectivity index (χ4n) is 1.97. The van der Waals surface area contributed by atoms with Crippen molar-refractivity contribution in [2.45, 2.75) is 25.6 Å². The highest BCUT2D eigenvalue weighted by molar-refractivity contribution is 9.12. The Labute approximate surface area is 156 Å². The van der Waals surface area contributed by atoms with Gasteiger partial charge in [-0.1, -0.05) is 30.4 Å². The van der Waals surface area contributed by atoms with Crippen molar-refractivity contribution in [3.8, 4) is 6.07 Å². The molecule has 0 amide bonds. The molecule has 0 saturated heterocycles. The number of allylic oxidation sites excluding steroid dienone is 8. The Bertz CT molecular complexity index is 769. The molecule has 0 radical (unpaired) electrons. The Morgan fingerprint density at radius 1 is 1.50 bits per heavy atom. The van der Waals surface area contributed by atoms with Crippen LogP contribution < -0.4 is 0 Å². The molecule has 0 bridgehead atoms. The topological polar surface area (TPSA) is 76.2 Å². The first-order valence-electron chi connectivity index (χ1n) is 7.26. The van der Waals surface area contributed by atoms with Gasteiger partial charge in [-0.25, -0.2) is 0 Å². The van der Waals surface area contributed by atoms with E-state index in [1.165, 1.54) is 25.2 Å². The summed E-state index contributed by atoms with van der Waals surface area (Å²) in [4.78, 5) is 9.56. The standard InChI is InChI=1S/C17H14BrF3N2O3/c1-2-7-15(16(17(19,20)21)13(18)11-23(24)25)26-14-9-6-4-3-5-8-12(14)10-22/h2-4,6-9,11,14H,5H2,1H3/b4-3+,7-2-,9-6?,12-8?,13-11-,16-15-. The van der Waals surface area contributed by atoms with Crippen LogP contribution in [0.5, 0.6) is 0 Å². The van der Waals surface area contributed by atoms with E-state index in [2.05, 4.69) is 15.9 Å². The predicted molar refractivity (Wildman–Crippen MR) is 93.4 cm³/mol. The van der Waals surface area contributed by atoms with Gasteiger partial charge in [0, 0.05) is 0 Å². The first kappa shape index (κ1) is 21.4. The number of halogens is 4. The third-order valence-electron chi connectivity index (χ3n) is 3.00. The minimum Gasteiger partial charge on any atom is -0.480 e. The van der Waals surface area contributed by atoms with Gasteiger partial charge in [-0.05, 0) is 41.4 Å². The molecule has 138 valence electrons. The van der Waals surface area contributed by atoms with Crippen LogP contribution in [0.15, 0.2) is 70.1 Å². The number of nitriles is 1. The van der Waals surface area contributed by atoms with Gasteiger partial charge in [0.1, 0.15) is 15.8 Å². The van der Waals surface area contributed by atoms with Crippen molar-refractivity contribution in [3.05, 3.63) is 80.2 Å². The zero-order chi connectivity index (χ0) is 19.7. The van der Waals surface area contributed by atoms with Crippen molar-refractivity contribution in [1.82, 2.24) is 0 Å². The third kappa shape index (κ3) is 6.37. The summed E-state index contributed by atoms with van der Waals surface area (Å²) in [7, 11) is 0. The average molecular weight is 431 g/mol. The van der Waals surface area contributed by atoms with E-state index in [0.717, 1.165) is 6.08 Å². The zero-order valence-electron chi connectivity index (χ0n) is 13.5. The Hall–Kier alpha value is -2.60. The van der Waals surface area contributed by atoms with Gasteiger partial charge in [-0.15, -0.1) is 0 Å². The molecule has 0 N–H and O–H groups in total. The Morgan fingerprint density at radius 2 is 2.19 bits per heavy atom. The van der Waals surface area contributed by atoms with Crippen LogP contribution in [0.3, 0.4) is 0 Å². The van der Waals surface area contributed by atoms with E-state index in [1.807, 2.05) is 6.07 Å². The molecule has 0 aromatic heterocycles. The second kappa shape index (κ2) is 9.77. The summed E-state index contributed by atoms with van der Waals surface area (Å²) in [6.45, 7) is 1.47. The highest BCUT2D eigenvalue weighted by Crippen LogP contribution is 2.38. The van der Waals surface area contributed by atoms with Crippen molar-refractivity contribution in [2.24, 2.45) is 0 Å². The maximum absolute atomic E-state index is 13.5. The van der Waals surface area contributed by atoms with Gasteiger partial charge in [-0.3, -0.25) is 10.1 Å². The first-order chi connectivity index (χ1) is 12.2. The van der Waals surface area contributed by atoms with Gasteiger partial charge < -0.3 is 4.74 Å². The molecule has 0 heterocycles. The predicted octanol–water partition coefficient (Wildman–Crippen LogP) is 5.24. The lowest BCUT2D eigenvalue weighted by molar-refractivity contribution is -0.402. The summed E-state index contributed by atoms with van der Waals surface area (Å²) < 4.78 is 45.1. The van der Waals surface area contributed by atoms with E-state index in [1.54, 1.807) is 18.2 Å². The molecular weight excluding hydrogens is 417 g/mol. The molecule has 5 nitrogen and oxygen atoms in total. The summed E-state index contributed by atoms with van der Waals surface area (Å²) in [5.41, 5.74) is -1.22. The van der Waals surface area contributed by atoms with Crippen molar-refractivity contribution in [1.29, 1.82) is 5.26 Å². The molecule has 0 aromatic carbocycles. The molecule has 1 unspecified atom stereocenters. The van der Waals surface area contributed by atoms with Crippen LogP contribution in [0.1, 0.15) is 13.3 Å². The second-order valence-electron chi connectivity index (χ2n) is 4.86. The maximum atomic E-state index is 13.5. The van der Waals surface area contributed by atoms with Gasteiger partial charge in [0.2, 0.25) is 6.20 Å². The Balaban J connectivity index is 3.52. The van der Waals surface area contributed by atoms with Crippen LogP contribution >= 0.6 is 15.9 Å². The molecule has 0 fully saturated rings. The Kier molecular flexibility index (Phi) is 8.06. The van der Waals surface area contributed by atoms with Gasteiger partial charge in [0.05, 0.1) is 16.6 Å². The van der Waals surface area contributed by atoms with Gasteiger partial charge in [0.25, 0.3) is 0 Å². The lowest BCUT2D eigenvalue weighted by Crippen LogP contribution is -2.20. The zero-order valence-corrected chi connectivity index (χ0v) is 15.1. The van der Waals surface area contributed by atoms with Crippen LogP contribution in [0.2, 0.25) is 0 Å². The van der Waals surface area contributed by atoms with E-state index in [4.69, 9.17) is 4.74 Å². The molecule has 0 aromatic rings. The summed E-state index contributed by atoms with van der Waals surface area (Å²) in [6, 6.07) is 1.90. The van der Waals surface area contributed by atoms with Crippen LogP contribution in [0.25, 0.3) is 0 Å². The number of ether oxygens (including phenoxy) is 1. The molecule has 0 saturated carbocycles. The molecule has 9 heteroatoms. The monoisotopic (exact) mass is 430 g/mol. The number of nitrogens with zero attached hydrogens (tertiary/aromatic N) is 2. The van der Waals surface area contributed by atoms with Gasteiger partial charge >= 0.3 is 6.18 Å². The first-order valence-corrected chi connectivity index (χ1v) is 8.05. The van der Waals surface area contributed by atoms with E-state index >= 15 is 0 Å². The largest absolute Gasteiger partial charge is 0.480 e. The van der Waals surface area contributed by atoms with Crippen LogP contribution in [0, 0.1) is 21.4 Å². The molecule has 1 atom stereocenters. The third-order valence-corrected chi connectivity index (χ3v) is 3.60. The normalized spacial score (nSPS) is 20.5. The van der Waals surface area contributed by atoms with Gasteiger partial charge in [-0.2, -0.15) is 18.4 Å². The molecule has 0 aliphatic heterocycles. The van der Waals surface area contributed by atoms with Crippen LogP contribution in [-0.2, 0) is 4.74 Å². The maximum Gasteiger partial charge on any atom is 0.421 e. The summed E-state index contributed by atoms with van der Waals surface area (Å²) in [5, 5.41) is 19.8. The molecule has 1 rings (SSSR count). The molecule has 1 aliphatic rings.